The molecular formula is C4H8OSi. The number of hydrogen-bond donors (Lipinski definition) is 1. The van der Waals surface area contributed by atoms with E-state index in [4.69, 9.17) is 4.80 Å². The van der Waals surface area contributed by atoms with Gasteiger partial charge in [-0.3, -0.25) is 0 Å². The Morgan fingerprint density at radius 2 is 1.67 bits per heavy atom. The van der Waals surface area contributed by atoms with Gasteiger partial charge in [0.05, 0.1) is 0 Å². The second-order valence-corrected chi connectivity index (χ2v) is 2.89. The molecule has 0 aromatic heterocycles. The van der Waals surface area contributed by atoms with Crippen molar-refractivity contribution in [2.45, 2.75) is 0 Å². The second kappa shape index (κ2) is 2.87. The molecular weight excluding hydrogens is 92.1 g/mol. The fourth-order valence-corrected chi connectivity index (χ4v) is 0.289. The maximum Gasteiger partial charge on any atom is 0.220 e. The summed E-state index contributed by atoms with van der Waals surface area (Å²) in [5, 5.41) is 0. The predicted octanol–water partition coefficient (Wildman–Crippen LogP) is 0.153. The van der Waals surface area contributed by atoms with Crippen LogP contribution in [0.15, 0.2) is 24.6 Å². The zero-order chi connectivity index (χ0) is 4.99. The smallest absolute Gasteiger partial charge is 0.220 e. The molecule has 2 heteroatoms. The van der Waals surface area contributed by atoms with Gasteiger partial charge >= 0.3 is 0 Å². The quantitative estimate of drug-likeness (QED) is 0.490. The summed E-state index contributed by atoms with van der Waals surface area (Å²) in [6.07, 6.45) is 0. The number of rotatable bonds is 2. The van der Waals surface area contributed by atoms with E-state index in [-0.39, 0.29) is 0 Å². The Hall–Kier alpha value is -0.343. The minimum atomic E-state index is -1.63. The first-order valence-electron chi connectivity index (χ1n) is 1.74. The highest BCUT2D eigenvalue weighted by Gasteiger charge is 1.86. The first kappa shape index (κ1) is 5.66. The highest BCUT2D eigenvalue weighted by atomic mass is 28.3. The molecule has 0 saturated heterocycles. The van der Waals surface area contributed by atoms with Crippen LogP contribution in [0.2, 0.25) is 0 Å². The zero-order valence-corrected chi connectivity index (χ0v) is 4.75. The van der Waals surface area contributed by atoms with E-state index in [1.165, 1.54) is 0 Å². The Kier molecular flexibility index (Phi) is 2.71. The van der Waals surface area contributed by atoms with E-state index in [1.807, 2.05) is 0 Å². The van der Waals surface area contributed by atoms with Crippen molar-refractivity contribution in [3.05, 3.63) is 24.6 Å². The van der Waals surface area contributed by atoms with E-state index in [0.717, 1.165) is 0 Å². The molecule has 0 aliphatic carbocycles. The molecule has 0 bridgehead atoms. The van der Waals surface area contributed by atoms with Gasteiger partial charge in [0.25, 0.3) is 0 Å². The topological polar surface area (TPSA) is 20.2 Å². The summed E-state index contributed by atoms with van der Waals surface area (Å²) < 4.78 is 0. The van der Waals surface area contributed by atoms with Gasteiger partial charge in [-0.1, -0.05) is 11.4 Å². The van der Waals surface area contributed by atoms with Gasteiger partial charge in [0.2, 0.25) is 9.04 Å². The average molecular weight is 100 g/mol. The minimum absolute atomic E-state index is 1.55. The molecule has 1 nitrogen and oxygen atoms in total. The highest BCUT2D eigenvalue weighted by molar-refractivity contribution is 6.61. The van der Waals surface area contributed by atoms with Crippen molar-refractivity contribution in [3.8, 4) is 0 Å². The van der Waals surface area contributed by atoms with Crippen LogP contribution in [0.1, 0.15) is 0 Å². The van der Waals surface area contributed by atoms with Crippen LogP contribution < -0.4 is 0 Å². The summed E-state index contributed by atoms with van der Waals surface area (Å²) in [5.41, 5.74) is 3.10. The molecule has 0 aromatic carbocycles. The Balaban J connectivity index is 3.21. The molecule has 0 atom stereocenters. The van der Waals surface area contributed by atoms with E-state index in [0.29, 0.717) is 0 Å². The maximum atomic E-state index is 8.57. The predicted molar refractivity (Wildman–Crippen MR) is 29.8 cm³/mol. The molecule has 0 unspecified atom stereocenters. The second-order valence-electron chi connectivity index (χ2n) is 0.962. The van der Waals surface area contributed by atoms with Gasteiger partial charge in [-0.25, -0.2) is 0 Å². The van der Waals surface area contributed by atoms with Crippen LogP contribution in [-0.2, 0) is 0 Å². The van der Waals surface area contributed by atoms with Crippen molar-refractivity contribution < 1.29 is 4.80 Å². The normalized spacial score (nSPS) is 8.33. The molecule has 0 rings (SSSR count). The van der Waals surface area contributed by atoms with Crippen LogP contribution in [0.4, 0.5) is 0 Å². The Labute approximate surface area is 39.4 Å². The van der Waals surface area contributed by atoms with E-state index in [9.17, 15) is 0 Å². The SMILES string of the molecule is C=C[SiH](O)C=C. The third kappa shape index (κ3) is 1.93. The molecule has 6 heavy (non-hydrogen) atoms. The maximum absolute atomic E-state index is 8.57. The molecule has 0 spiro atoms. The van der Waals surface area contributed by atoms with Crippen molar-refractivity contribution >= 4 is 9.04 Å². The first-order valence-corrected chi connectivity index (χ1v) is 3.59. The third-order valence-electron chi connectivity index (χ3n) is 0.483. The lowest BCUT2D eigenvalue weighted by molar-refractivity contribution is 0.598. The largest absolute Gasteiger partial charge is 0.427 e. The van der Waals surface area contributed by atoms with Crippen LogP contribution in [0.5, 0.6) is 0 Å². The molecule has 0 aliphatic rings. The van der Waals surface area contributed by atoms with Gasteiger partial charge < -0.3 is 4.80 Å². The highest BCUT2D eigenvalue weighted by Crippen LogP contribution is 1.72. The number of hydrogen-bond acceptors (Lipinski definition) is 1. The molecule has 0 heterocycles. The van der Waals surface area contributed by atoms with Gasteiger partial charge in [-0.05, 0) is 0 Å². The Morgan fingerprint density at radius 3 is 1.67 bits per heavy atom. The molecule has 34 valence electrons. The molecule has 0 fully saturated rings. The zero-order valence-electron chi connectivity index (χ0n) is 3.59. The van der Waals surface area contributed by atoms with Crippen LogP contribution in [0, 0.1) is 0 Å². The van der Waals surface area contributed by atoms with Crippen molar-refractivity contribution in [2.24, 2.45) is 0 Å². The van der Waals surface area contributed by atoms with Crippen LogP contribution in [0.3, 0.4) is 0 Å². The fourth-order valence-electron chi connectivity index (χ4n) is 0.0962. The lowest BCUT2D eigenvalue weighted by Gasteiger charge is -1.84. The lowest BCUT2D eigenvalue weighted by atomic mass is 11.2. The van der Waals surface area contributed by atoms with Crippen molar-refractivity contribution in [3.63, 3.8) is 0 Å². The van der Waals surface area contributed by atoms with Gasteiger partial charge in [0, 0.05) is 0 Å². The van der Waals surface area contributed by atoms with E-state index >= 15 is 0 Å². The average Bonchev–Trinajstić information content (AvgIpc) is 1.65. The summed E-state index contributed by atoms with van der Waals surface area (Å²) in [5.74, 6) is 0. The van der Waals surface area contributed by atoms with E-state index < -0.39 is 9.04 Å². The minimum Gasteiger partial charge on any atom is -0.427 e. The molecule has 0 amide bonds. The summed E-state index contributed by atoms with van der Waals surface area (Å²) in [4.78, 5) is 8.57. The third-order valence-corrected chi connectivity index (χ3v) is 1.45. The van der Waals surface area contributed by atoms with Gasteiger partial charge in [0.15, 0.2) is 0 Å². The standard InChI is InChI=1S/C4H8OSi/c1-3-6(5)4-2/h3-6H,1-2H2. The Bertz CT molecular complexity index is 52.6. The molecule has 0 aliphatic heterocycles. The van der Waals surface area contributed by atoms with Gasteiger partial charge in [0.1, 0.15) is 0 Å². The van der Waals surface area contributed by atoms with E-state index in [2.05, 4.69) is 13.2 Å². The van der Waals surface area contributed by atoms with Crippen LogP contribution in [-0.4, -0.2) is 13.8 Å². The molecule has 1 N–H and O–H groups in total. The van der Waals surface area contributed by atoms with Crippen molar-refractivity contribution in [1.29, 1.82) is 0 Å². The Morgan fingerprint density at radius 1 is 1.33 bits per heavy atom. The van der Waals surface area contributed by atoms with Crippen molar-refractivity contribution in [1.82, 2.24) is 0 Å². The summed E-state index contributed by atoms with van der Waals surface area (Å²) >= 11 is 0. The summed E-state index contributed by atoms with van der Waals surface area (Å²) in [6, 6.07) is 0. The first-order chi connectivity index (χ1) is 2.81. The van der Waals surface area contributed by atoms with Gasteiger partial charge in [-0.15, -0.1) is 13.2 Å². The van der Waals surface area contributed by atoms with Crippen molar-refractivity contribution in [2.75, 3.05) is 0 Å². The van der Waals surface area contributed by atoms with Crippen LogP contribution in [0.25, 0.3) is 0 Å². The molecule has 0 saturated carbocycles. The fraction of sp³-hybridized carbons (Fsp3) is 0. The van der Waals surface area contributed by atoms with E-state index in [1.54, 1.807) is 11.4 Å². The monoisotopic (exact) mass is 100 g/mol. The summed E-state index contributed by atoms with van der Waals surface area (Å²) in [7, 11) is -1.63. The summed E-state index contributed by atoms with van der Waals surface area (Å²) in [6.45, 7) is 6.74. The van der Waals surface area contributed by atoms with Gasteiger partial charge in [-0.2, -0.15) is 0 Å². The van der Waals surface area contributed by atoms with Crippen LogP contribution >= 0.6 is 0 Å². The lowest BCUT2D eigenvalue weighted by Crippen LogP contribution is -2.00. The molecule has 0 radical (unpaired) electrons. The molecule has 0 aromatic rings.